The van der Waals surface area contributed by atoms with E-state index in [2.05, 4.69) is 9.97 Å². The lowest BCUT2D eigenvalue weighted by molar-refractivity contribution is 0.0962. The third-order valence-corrected chi connectivity index (χ3v) is 4.23. The first-order valence-electron chi connectivity index (χ1n) is 7.52. The molecule has 126 valence electrons. The molecule has 2 N–H and O–H groups in total. The third kappa shape index (κ3) is 2.62. The van der Waals surface area contributed by atoms with E-state index < -0.39 is 0 Å². The van der Waals surface area contributed by atoms with Crippen LogP contribution in [-0.4, -0.2) is 37.1 Å². The van der Waals surface area contributed by atoms with Crippen LogP contribution in [0.2, 0.25) is 0 Å². The minimum absolute atomic E-state index is 0.00177. The van der Waals surface area contributed by atoms with Gasteiger partial charge in [-0.2, -0.15) is 0 Å². The van der Waals surface area contributed by atoms with Crippen LogP contribution in [0, 0.1) is 0 Å². The van der Waals surface area contributed by atoms with Crippen LogP contribution in [0.5, 0.6) is 17.2 Å². The van der Waals surface area contributed by atoms with Gasteiger partial charge >= 0.3 is 0 Å². The molecule has 1 aromatic heterocycles. The van der Waals surface area contributed by atoms with Gasteiger partial charge in [0.2, 0.25) is 11.7 Å². The van der Waals surface area contributed by atoms with Gasteiger partial charge in [-0.15, -0.1) is 0 Å². The van der Waals surface area contributed by atoms with Crippen molar-refractivity contribution in [2.75, 3.05) is 27.1 Å². The van der Waals surface area contributed by atoms with E-state index in [4.69, 9.17) is 19.9 Å². The van der Waals surface area contributed by atoms with E-state index in [0.29, 0.717) is 41.3 Å². The van der Waals surface area contributed by atoms with E-state index >= 15 is 0 Å². The average molecular weight is 329 g/mol. The molecule has 24 heavy (non-hydrogen) atoms. The number of nitrogens with zero attached hydrogens (tertiary/aromatic N) is 2. The molecule has 1 atom stereocenters. The van der Waals surface area contributed by atoms with Gasteiger partial charge in [0.1, 0.15) is 0 Å². The number of ether oxygens (including phenoxy) is 3. The molecule has 7 heteroatoms. The standard InChI is InChI=1S/C17H19N3O4/c1-22-14-5-4-10(15(23-2)16(14)24-3)9-6-12-11(13(21)7-9)8-19-17(18)20-12/h4-5,8-9H,6-7H2,1-3H3,(H2,18,19,20). The van der Waals surface area contributed by atoms with Gasteiger partial charge in [-0.1, -0.05) is 6.07 Å². The Morgan fingerprint density at radius 3 is 2.50 bits per heavy atom. The van der Waals surface area contributed by atoms with Crippen molar-refractivity contribution in [2.24, 2.45) is 0 Å². The Hall–Kier alpha value is -2.83. The van der Waals surface area contributed by atoms with E-state index in [1.807, 2.05) is 12.1 Å². The predicted octanol–water partition coefficient (Wildman–Crippen LogP) is 2.00. The molecule has 0 amide bonds. The highest BCUT2D eigenvalue weighted by atomic mass is 16.5. The lowest BCUT2D eigenvalue weighted by Crippen LogP contribution is -2.21. The molecule has 0 saturated heterocycles. The Bertz CT molecular complexity index is 792. The number of nitrogens with two attached hydrogens (primary N) is 1. The van der Waals surface area contributed by atoms with Gasteiger partial charge in [0.05, 0.1) is 32.6 Å². The maximum absolute atomic E-state index is 12.4. The topological polar surface area (TPSA) is 96.6 Å². The second kappa shape index (κ2) is 6.35. The molecular weight excluding hydrogens is 310 g/mol. The third-order valence-electron chi connectivity index (χ3n) is 4.23. The summed E-state index contributed by atoms with van der Waals surface area (Å²) in [6.45, 7) is 0. The molecule has 7 nitrogen and oxygen atoms in total. The number of anilines is 1. The van der Waals surface area contributed by atoms with Crippen molar-refractivity contribution in [3.8, 4) is 17.2 Å². The minimum Gasteiger partial charge on any atom is -0.493 e. The van der Waals surface area contributed by atoms with Gasteiger partial charge in [-0.05, 0) is 12.5 Å². The lowest BCUT2D eigenvalue weighted by Gasteiger charge is -2.25. The van der Waals surface area contributed by atoms with E-state index in [1.165, 1.54) is 6.20 Å². The zero-order chi connectivity index (χ0) is 17.3. The Balaban J connectivity index is 2.05. The summed E-state index contributed by atoms with van der Waals surface area (Å²) in [6, 6.07) is 3.71. The monoisotopic (exact) mass is 329 g/mol. The molecule has 0 saturated carbocycles. The van der Waals surface area contributed by atoms with Gasteiger partial charge in [0, 0.05) is 24.1 Å². The summed E-state index contributed by atoms with van der Waals surface area (Å²) in [5.74, 6) is 1.75. The number of ketones is 1. The number of nitrogen functional groups attached to an aromatic ring is 1. The van der Waals surface area contributed by atoms with Crippen molar-refractivity contribution in [1.82, 2.24) is 9.97 Å². The highest BCUT2D eigenvalue weighted by Crippen LogP contribution is 2.45. The summed E-state index contributed by atoms with van der Waals surface area (Å²) in [4.78, 5) is 20.6. The summed E-state index contributed by atoms with van der Waals surface area (Å²) < 4.78 is 16.3. The van der Waals surface area contributed by atoms with Crippen LogP contribution < -0.4 is 19.9 Å². The van der Waals surface area contributed by atoms with Crippen molar-refractivity contribution in [3.63, 3.8) is 0 Å². The number of carbonyl (C=O) groups excluding carboxylic acids is 1. The van der Waals surface area contributed by atoms with Gasteiger partial charge in [-0.25, -0.2) is 9.97 Å². The van der Waals surface area contributed by atoms with Crippen molar-refractivity contribution >= 4 is 11.7 Å². The fourth-order valence-electron chi connectivity index (χ4n) is 3.13. The van der Waals surface area contributed by atoms with Crippen LogP contribution in [0.15, 0.2) is 18.3 Å². The fraction of sp³-hybridized carbons (Fsp3) is 0.353. The molecule has 0 bridgehead atoms. The minimum atomic E-state index is -0.0749. The van der Waals surface area contributed by atoms with Crippen molar-refractivity contribution < 1.29 is 19.0 Å². The number of rotatable bonds is 4. The largest absolute Gasteiger partial charge is 0.493 e. The summed E-state index contributed by atoms with van der Waals surface area (Å²) in [5, 5.41) is 0. The highest BCUT2D eigenvalue weighted by molar-refractivity contribution is 5.98. The first-order chi connectivity index (χ1) is 11.6. The molecule has 1 aliphatic carbocycles. The van der Waals surface area contributed by atoms with Gasteiger partial charge in [0.25, 0.3) is 0 Å². The molecule has 1 heterocycles. The molecule has 0 fully saturated rings. The van der Waals surface area contributed by atoms with E-state index in [9.17, 15) is 4.79 Å². The zero-order valence-corrected chi connectivity index (χ0v) is 13.8. The molecule has 2 aromatic rings. The number of benzene rings is 1. The van der Waals surface area contributed by atoms with Crippen LogP contribution in [0.25, 0.3) is 0 Å². The Morgan fingerprint density at radius 2 is 1.83 bits per heavy atom. The van der Waals surface area contributed by atoms with Crippen molar-refractivity contribution in [1.29, 1.82) is 0 Å². The molecule has 3 rings (SSSR count). The number of Topliss-reactive ketones (excluding diaryl/α,β-unsaturated/α-hetero) is 1. The fourth-order valence-corrected chi connectivity index (χ4v) is 3.13. The summed E-state index contributed by atoms with van der Waals surface area (Å²) in [7, 11) is 4.69. The number of aromatic nitrogens is 2. The van der Waals surface area contributed by atoms with Crippen molar-refractivity contribution in [2.45, 2.75) is 18.8 Å². The molecule has 0 aliphatic heterocycles. The molecule has 1 unspecified atom stereocenters. The predicted molar refractivity (Wildman–Crippen MR) is 87.9 cm³/mol. The maximum atomic E-state index is 12.4. The highest BCUT2D eigenvalue weighted by Gasteiger charge is 2.31. The van der Waals surface area contributed by atoms with Crippen LogP contribution in [0.1, 0.15) is 34.0 Å². The number of fused-ring (bicyclic) bond motifs is 1. The summed E-state index contributed by atoms with van der Waals surface area (Å²) in [6.07, 6.45) is 2.44. The van der Waals surface area contributed by atoms with E-state index in [0.717, 1.165) is 5.56 Å². The van der Waals surface area contributed by atoms with Gasteiger partial charge in [-0.3, -0.25) is 4.79 Å². The van der Waals surface area contributed by atoms with E-state index in [1.54, 1.807) is 21.3 Å². The van der Waals surface area contributed by atoms with E-state index in [-0.39, 0.29) is 17.6 Å². The van der Waals surface area contributed by atoms with Gasteiger partial charge in [0.15, 0.2) is 17.3 Å². The first kappa shape index (κ1) is 16.0. The van der Waals surface area contributed by atoms with Gasteiger partial charge < -0.3 is 19.9 Å². The molecule has 1 aliphatic rings. The van der Waals surface area contributed by atoms with Crippen LogP contribution >= 0.6 is 0 Å². The van der Waals surface area contributed by atoms with Crippen molar-refractivity contribution in [3.05, 3.63) is 35.2 Å². The Labute approximate surface area is 139 Å². The average Bonchev–Trinajstić information content (AvgIpc) is 2.59. The molecule has 0 radical (unpaired) electrons. The maximum Gasteiger partial charge on any atom is 0.220 e. The van der Waals surface area contributed by atoms with Crippen LogP contribution in [0.3, 0.4) is 0 Å². The zero-order valence-electron chi connectivity index (χ0n) is 13.8. The number of hydrogen-bond acceptors (Lipinski definition) is 7. The summed E-state index contributed by atoms with van der Waals surface area (Å²) >= 11 is 0. The second-order valence-corrected chi connectivity index (χ2v) is 5.54. The van der Waals surface area contributed by atoms with Crippen LogP contribution in [0.4, 0.5) is 5.95 Å². The smallest absolute Gasteiger partial charge is 0.220 e. The number of methoxy groups -OCH3 is 3. The molecule has 1 aromatic carbocycles. The molecule has 0 spiro atoms. The normalized spacial score (nSPS) is 16.5. The summed E-state index contributed by atoms with van der Waals surface area (Å²) in [5.41, 5.74) is 7.75. The number of carbonyl (C=O) groups is 1. The Kier molecular flexibility index (Phi) is 4.24. The lowest BCUT2D eigenvalue weighted by atomic mass is 9.81. The molecular formula is C17H19N3O4. The van der Waals surface area contributed by atoms with Crippen LogP contribution in [-0.2, 0) is 6.42 Å². The second-order valence-electron chi connectivity index (χ2n) is 5.54. The quantitative estimate of drug-likeness (QED) is 0.916. The number of hydrogen-bond donors (Lipinski definition) is 1. The SMILES string of the molecule is COc1ccc(C2CC(=O)c3cnc(N)nc3C2)c(OC)c1OC. The first-order valence-corrected chi connectivity index (χ1v) is 7.52. The Morgan fingerprint density at radius 1 is 1.08 bits per heavy atom.